The van der Waals surface area contributed by atoms with E-state index in [4.69, 9.17) is 5.26 Å². The van der Waals surface area contributed by atoms with E-state index in [9.17, 15) is 5.11 Å². The fourth-order valence-electron chi connectivity index (χ4n) is 2.26. The van der Waals surface area contributed by atoms with E-state index in [0.29, 0.717) is 5.56 Å². The van der Waals surface area contributed by atoms with Crippen LogP contribution in [-0.2, 0) is 0 Å². The summed E-state index contributed by atoms with van der Waals surface area (Å²) in [6.45, 7) is 3.87. The first-order valence-electron chi connectivity index (χ1n) is 6.78. The number of likely N-dealkylation sites (tertiary alicyclic amines) is 1. The molecule has 0 bridgehead atoms. The average Bonchev–Trinajstić information content (AvgIpc) is 2.46. The Bertz CT molecular complexity index is 435. The molecule has 1 fully saturated rings. The monoisotopic (exact) mass is 260 g/mol. The van der Waals surface area contributed by atoms with Gasteiger partial charge >= 0.3 is 0 Å². The highest BCUT2D eigenvalue weighted by Gasteiger charge is 2.15. The van der Waals surface area contributed by atoms with Crippen molar-refractivity contribution in [2.24, 2.45) is 0 Å². The Balaban J connectivity index is 1.65. The summed E-state index contributed by atoms with van der Waals surface area (Å²) in [7, 11) is 0. The number of piperidine rings is 1. The number of anilines is 1. The maximum atomic E-state index is 9.42. The number of nitrogens with one attached hydrogen (secondary N) is 1. The molecule has 0 aliphatic carbocycles. The van der Waals surface area contributed by atoms with E-state index in [1.54, 1.807) is 18.3 Å². The van der Waals surface area contributed by atoms with Gasteiger partial charge in [0.1, 0.15) is 5.82 Å². The Morgan fingerprint density at radius 1 is 1.47 bits per heavy atom. The molecule has 102 valence electrons. The average molecular weight is 260 g/mol. The van der Waals surface area contributed by atoms with E-state index < -0.39 is 0 Å². The number of aliphatic hydroxyl groups excluding tert-OH is 1. The molecule has 2 N–H and O–H groups in total. The van der Waals surface area contributed by atoms with Crippen molar-refractivity contribution >= 4 is 5.82 Å². The highest BCUT2D eigenvalue weighted by molar-refractivity contribution is 5.42. The summed E-state index contributed by atoms with van der Waals surface area (Å²) in [4.78, 5) is 6.56. The number of rotatable bonds is 5. The second kappa shape index (κ2) is 7.07. The van der Waals surface area contributed by atoms with Gasteiger partial charge in [-0.25, -0.2) is 4.98 Å². The molecule has 0 amide bonds. The van der Waals surface area contributed by atoms with E-state index in [1.807, 2.05) is 0 Å². The van der Waals surface area contributed by atoms with Gasteiger partial charge in [-0.1, -0.05) is 0 Å². The van der Waals surface area contributed by atoms with Gasteiger partial charge in [0, 0.05) is 25.8 Å². The van der Waals surface area contributed by atoms with Gasteiger partial charge in [0.2, 0.25) is 0 Å². The minimum atomic E-state index is -0.104. The van der Waals surface area contributed by atoms with Crippen LogP contribution in [-0.4, -0.2) is 47.3 Å². The summed E-state index contributed by atoms with van der Waals surface area (Å²) < 4.78 is 0. The van der Waals surface area contributed by atoms with Crippen LogP contribution in [0.1, 0.15) is 24.8 Å². The van der Waals surface area contributed by atoms with Crippen LogP contribution < -0.4 is 5.32 Å². The lowest BCUT2D eigenvalue weighted by Crippen LogP contribution is -2.36. The predicted octanol–water partition coefficient (Wildman–Crippen LogP) is 1.21. The summed E-state index contributed by atoms with van der Waals surface area (Å²) in [5.41, 5.74) is 0.627. The van der Waals surface area contributed by atoms with E-state index in [1.165, 1.54) is 0 Å². The third-order valence-corrected chi connectivity index (χ3v) is 3.40. The van der Waals surface area contributed by atoms with Crippen LogP contribution in [0.3, 0.4) is 0 Å². The molecular formula is C14H20N4O. The van der Waals surface area contributed by atoms with Crippen LogP contribution in [0.4, 0.5) is 5.82 Å². The summed E-state index contributed by atoms with van der Waals surface area (Å²) in [5.74, 6) is 0.758. The molecule has 0 atom stereocenters. The van der Waals surface area contributed by atoms with Crippen molar-refractivity contribution in [3.8, 4) is 6.07 Å². The van der Waals surface area contributed by atoms with Crippen LogP contribution in [0.15, 0.2) is 18.3 Å². The molecule has 5 heteroatoms. The standard InChI is InChI=1S/C14H20N4O/c15-11-12-2-6-17-14(10-12)16-5-1-7-18-8-3-13(19)4-9-18/h2,6,10,13,19H,1,3-5,7-9H2,(H,16,17). The van der Waals surface area contributed by atoms with Gasteiger partial charge in [0.05, 0.1) is 17.7 Å². The molecule has 0 unspecified atom stereocenters. The molecule has 1 saturated heterocycles. The lowest BCUT2D eigenvalue weighted by atomic mass is 10.1. The molecule has 19 heavy (non-hydrogen) atoms. The number of hydrogen-bond donors (Lipinski definition) is 2. The van der Waals surface area contributed by atoms with Crippen molar-refractivity contribution in [3.05, 3.63) is 23.9 Å². The number of aromatic nitrogens is 1. The summed E-state index contributed by atoms with van der Waals surface area (Å²) in [5, 5.41) is 21.4. The van der Waals surface area contributed by atoms with Crippen LogP contribution in [0, 0.1) is 11.3 Å². The lowest BCUT2D eigenvalue weighted by molar-refractivity contribution is 0.0825. The molecular weight excluding hydrogens is 240 g/mol. The Labute approximate surface area is 113 Å². The van der Waals surface area contributed by atoms with Crippen LogP contribution >= 0.6 is 0 Å². The van der Waals surface area contributed by atoms with Gasteiger partial charge < -0.3 is 15.3 Å². The van der Waals surface area contributed by atoms with Gasteiger partial charge in [-0.2, -0.15) is 5.26 Å². The molecule has 1 aliphatic rings. The third kappa shape index (κ3) is 4.51. The summed E-state index contributed by atoms with van der Waals surface area (Å²) >= 11 is 0. The quantitative estimate of drug-likeness (QED) is 0.779. The van der Waals surface area contributed by atoms with E-state index in [-0.39, 0.29) is 6.10 Å². The second-order valence-electron chi connectivity index (χ2n) is 4.89. The van der Waals surface area contributed by atoms with Crippen LogP contribution in [0.2, 0.25) is 0 Å². The van der Waals surface area contributed by atoms with Gasteiger partial charge in [-0.05, 0) is 37.9 Å². The molecule has 0 aromatic carbocycles. The number of nitriles is 1. The van der Waals surface area contributed by atoms with E-state index >= 15 is 0 Å². The van der Waals surface area contributed by atoms with E-state index in [0.717, 1.165) is 51.3 Å². The van der Waals surface area contributed by atoms with Crippen molar-refractivity contribution < 1.29 is 5.11 Å². The summed E-state index contributed by atoms with van der Waals surface area (Å²) in [6, 6.07) is 5.56. The van der Waals surface area contributed by atoms with Crippen molar-refractivity contribution in [2.75, 3.05) is 31.5 Å². The Morgan fingerprint density at radius 3 is 3.00 bits per heavy atom. The number of hydrogen-bond acceptors (Lipinski definition) is 5. The smallest absolute Gasteiger partial charge is 0.127 e. The fourth-order valence-corrected chi connectivity index (χ4v) is 2.26. The first-order chi connectivity index (χ1) is 9.28. The van der Waals surface area contributed by atoms with Gasteiger partial charge in [0.25, 0.3) is 0 Å². The number of aliphatic hydroxyl groups is 1. The maximum absolute atomic E-state index is 9.42. The van der Waals surface area contributed by atoms with Crippen LogP contribution in [0.5, 0.6) is 0 Å². The minimum absolute atomic E-state index is 0.104. The Morgan fingerprint density at radius 2 is 2.26 bits per heavy atom. The van der Waals surface area contributed by atoms with Crippen molar-refractivity contribution in [3.63, 3.8) is 0 Å². The molecule has 0 spiro atoms. The zero-order chi connectivity index (χ0) is 13.5. The maximum Gasteiger partial charge on any atom is 0.127 e. The molecule has 1 aliphatic heterocycles. The minimum Gasteiger partial charge on any atom is -0.393 e. The third-order valence-electron chi connectivity index (χ3n) is 3.40. The highest BCUT2D eigenvalue weighted by Crippen LogP contribution is 2.10. The topological polar surface area (TPSA) is 72.2 Å². The largest absolute Gasteiger partial charge is 0.393 e. The lowest BCUT2D eigenvalue weighted by Gasteiger charge is -2.29. The first-order valence-corrected chi connectivity index (χ1v) is 6.78. The predicted molar refractivity (Wildman–Crippen MR) is 73.7 cm³/mol. The normalized spacial score (nSPS) is 17.1. The fraction of sp³-hybridized carbons (Fsp3) is 0.571. The molecule has 0 radical (unpaired) electrons. The van der Waals surface area contributed by atoms with Gasteiger partial charge in [-0.3, -0.25) is 0 Å². The van der Waals surface area contributed by atoms with Gasteiger partial charge in [0.15, 0.2) is 0 Å². The van der Waals surface area contributed by atoms with Crippen molar-refractivity contribution in [1.82, 2.24) is 9.88 Å². The highest BCUT2D eigenvalue weighted by atomic mass is 16.3. The van der Waals surface area contributed by atoms with E-state index in [2.05, 4.69) is 21.3 Å². The Kier molecular flexibility index (Phi) is 5.13. The second-order valence-corrected chi connectivity index (χ2v) is 4.89. The SMILES string of the molecule is N#Cc1ccnc(NCCCN2CCC(O)CC2)c1. The molecule has 0 saturated carbocycles. The van der Waals surface area contributed by atoms with Crippen LogP contribution in [0.25, 0.3) is 0 Å². The van der Waals surface area contributed by atoms with Crippen molar-refractivity contribution in [2.45, 2.75) is 25.4 Å². The van der Waals surface area contributed by atoms with Crippen molar-refractivity contribution in [1.29, 1.82) is 5.26 Å². The zero-order valence-corrected chi connectivity index (χ0v) is 11.0. The number of pyridine rings is 1. The number of nitrogens with zero attached hydrogens (tertiary/aromatic N) is 3. The zero-order valence-electron chi connectivity index (χ0n) is 11.0. The molecule has 1 aromatic heterocycles. The summed E-state index contributed by atoms with van der Waals surface area (Å²) in [6.07, 6.45) is 4.35. The molecule has 5 nitrogen and oxygen atoms in total. The molecule has 2 rings (SSSR count). The molecule has 1 aromatic rings. The van der Waals surface area contributed by atoms with Gasteiger partial charge in [-0.15, -0.1) is 0 Å². The molecule has 2 heterocycles. The Hall–Kier alpha value is -1.64. The first kappa shape index (κ1) is 13.8.